The number of hydrogen-bond donors (Lipinski definition) is 0. The Morgan fingerprint density at radius 2 is 2.25 bits per heavy atom. The van der Waals surface area contributed by atoms with Gasteiger partial charge in [-0.2, -0.15) is 4.39 Å². The summed E-state index contributed by atoms with van der Waals surface area (Å²) in [5.41, 5.74) is 0. The van der Waals surface area contributed by atoms with Crippen LogP contribution in [-0.2, 0) is 9.59 Å². The minimum atomic E-state index is -1.34. The molecule has 0 aromatic rings. The predicted molar refractivity (Wildman–Crippen MR) is 26.0 cm³/mol. The third-order valence-electron chi connectivity index (χ3n) is 0.695. The Morgan fingerprint density at radius 3 is 2.62 bits per heavy atom. The quantitative estimate of drug-likeness (QED) is 0.311. The van der Waals surface area contributed by atoms with Gasteiger partial charge in [0.05, 0.1) is 0 Å². The first-order valence-corrected chi connectivity index (χ1v) is 2.39. The maximum Gasteiger partial charge on any atom is 0.301 e. The van der Waals surface area contributed by atoms with Gasteiger partial charge in [0, 0.05) is 12.8 Å². The molecule has 0 rings (SSSR count). The van der Waals surface area contributed by atoms with E-state index in [4.69, 9.17) is 0 Å². The van der Waals surface area contributed by atoms with Crippen LogP contribution >= 0.6 is 0 Å². The molecule has 0 aliphatic heterocycles. The third-order valence-corrected chi connectivity index (χ3v) is 0.695. The van der Waals surface area contributed by atoms with Crippen LogP contribution in [0.5, 0.6) is 0 Å². The summed E-state index contributed by atoms with van der Waals surface area (Å²) in [6, 6.07) is -1.34. The molecule has 0 radical (unpaired) electrons. The highest BCUT2D eigenvalue weighted by atomic mass is 19.1. The van der Waals surface area contributed by atoms with E-state index in [1.54, 1.807) is 0 Å². The number of carbonyl (C=O) groups is 2. The average molecular weight is 118 g/mol. The Hall–Kier alpha value is -0.730. The van der Waals surface area contributed by atoms with E-state index >= 15 is 0 Å². The number of aldehydes is 1. The van der Waals surface area contributed by atoms with Crippen molar-refractivity contribution in [3.63, 3.8) is 0 Å². The molecule has 0 spiro atoms. The van der Waals surface area contributed by atoms with E-state index in [0.717, 1.165) is 0 Å². The molecule has 0 aromatic carbocycles. The lowest BCUT2D eigenvalue weighted by atomic mass is 10.3. The van der Waals surface area contributed by atoms with Crippen molar-refractivity contribution in [2.75, 3.05) is 0 Å². The van der Waals surface area contributed by atoms with E-state index in [0.29, 0.717) is 12.7 Å². The van der Waals surface area contributed by atoms with Crippen LogP contribution in [0.25, 0.3) is 0 Å². The summed E-state index contributed by atoms with van der Waals surface area (Å²) >= 11 is 0. The Balaban J connectivity index is 2.93. The van der Waals surface area contributed by atoms with E-state index < -0.39 is 6.04 Å². The number of halogens is 1. The van der Waals surface area contributed by atoms with Crippen LogP contribution in [0.1, 0.15) is 19.3 Å². The van der Waals surface area contributed by atoms with Crippen molar-refractivity contribution >= 4 is 12.3 Å². The molecular weight excluding hydrogens is 111 g/mol. The van der Waals surface area contributed by atoms with Gasteiger partial charge in [-0.05, 0) is 6.42 Å². The van der Waals surface area contributed by atoms with Crippen LogP contribution in [0.2, 0.25) is 0 Å². The van der Waals surface area contributed by atoms with Crippen molar-refractivity contribution in [2.24, 2.45) is 0 Å². The van der Waals surface area contributed by atoms with Crippen molar-refractivity contribution < 1.29 is 14.0 Å². The zero-order valence-electron chi connectivity index (χ0n) is 4.39. The largest absolute Gasteiger partial charge is 0.303 e. The van der Waals surface area contributed by atoms with Gasteiger partial charge in [0.25, 0.3) is 0 Å². The first-order chi connectivity index (χ1) is 3.77. The lowest BCUT2D eigenvalue weighted by Crippen LogP contribution is -1.86. The standard InChI is InChI=1S/C5H7FO2/c6-5(8)3-1-2-4-7/h4H,1-3H2. The molecule has 2 nitrogen and oxygen atoms in total. The molecular formula is C5H7FO2. The van der Waals surface area contributed by atoms with Crippen molar-refractivity contribution in [2.45, 2.75) is 19.3 Å². The number of unbranched alkanes of at least 4 members (excludes halogenated alkanes) is 1. The Morgan fingerprint density at radius 1 is 1.62 bits per heavy atom. The summed E-state index contributed by atoms with van der Waals surface area (Å²) in [5.74, 6) is 0. The van der Waals surface area contributed by atoms with Crippen LogP contribution < -0.4 is 0 Å². The fraction of sp³-hybridized carbons (Fsp3) is 0.600. The van der Waals surface area contributed by atoms with Crippen LogP contribution in [-0.4, -0.2) is 12.3 Å². The van der Waals surface area contributed by atoms with Crippen LogP contribution in [0, 0.1) is 0 Å². The summed E-state index contributed by atoms with van der Waals surface area (Å²) in [6.45, 7) is 0. The molecule has 0 heterocycles. The van der Waals surface area contributed by atoms with E-state index in [1.165, 1.54) is 0 Å². The van der Waals surface area contributed by atoms with Gasteiger partial charge in [0.1, 0.15) is 6.29 Å². The van der Waals surface area contributed by atoms with Crippen molar-refractivity contribution in [1.82, 2.24) is 0 Å². The van der Waals surface area contributed by atoms with E-state index in [1.807, 2.05) is 0 Å². The smallest absolute Gasteiger partial charge is 0.301 e. The molecule has 0 bridgehead atoms. The second kappa shape index (κ2) is 4.43. The van der Waals surface area contributed by atoms with Crippen LogP contribution in [0.3, 0.4) is 0 Å². The number of hydrogen-bond acceptors (Lipinski definition) is 2. The molecule has 0 aromatic heterocycles. The molecule has 0 saturated carbocycles. The van der Waals surface area contributed by atoms with Gasteiger partial charge in [-0.3, -0.25) is 4.79 Å². The number of rotatable bonds is 4. The van der Waals surface area contributed by atoms with Gasteiger partial charge in [0.15, 0.2) is 0 Å². The molecule has 0 unspecified atom stereocenters. The fourth-order valence-electron chi connectivity index (χ4n) is 0.324. The highest BCUT2D eigenvalue weighted by Gasteiger charge is 1.94. The van der Waals surface area contributed by atoms with E-state index in [9.17, 15) is 14.0 Å². The summed E-state index contributed by atoms with van der Waals surface area (Å²) in [4.78, 5) is 19.1. The lowest BCUT2D eigenvalue weighted by molar-refractivity contribution is -0.129. The molecule has 0 aliphatic carbocycles. The second-order valence-electron chi connectivity index (χ2n) is 1.41. The normalized spacial score (nSPS) is 8.62. The monoisotopic (exact) mass is 118 g/mol. The SMILES string of the molecule is O=CCCCC(=O)F. The highest BCUT2D eigenvalue weighted by molar-refractivity contribution is 5.68. The van der Waals surface area contributed by atoms with Crippen LogP contribution in [0.15, 0.2) is 0 Å². The first-order valence-electron chi connectivity index (χ1n) is 2.39. The van der Waals surface area contributed by atoms with Crippen molar-refractivity contribution in [3.8, 4) is 0 Å². The van der Waals surface area contributed by atoms with E-state index in [-0.39, 0.29) is 12.8 Å². The second-order valence-corrected chi connectivity index (χ2v) is 1.41. The molecule has 3 heteroatoms. The van der Waals surface area contributed by atoms with Crippen molar-refractivity contribution in [3.05, 3.63) is 0 Å². The van der Waals surface area contributed by atoms with Gasteiger partial charge in [-0.15, -0.1) is 0 Å². The summed E-state index contributed by atoms with van der Waals surface area (Å²) in [7, 11) is 0. The Kier molecular flexibility index (Phi) is 4.03. The topological polar surface area (TPSA) is 34.1 Å². The Labute approximate surface area is 46.7 Å². The minimum absolute atomic E-state index is 0.126. The Bertz CT molecular complexity index is 90.4. The zero-order chi connectivity index (χ0) is 6.41. The minimum Gasteiger partial charge on any atom is -0.303 e. The summed E-state index contributed by atoms with van der Waals surface area (Å²) in [5, 5.41) is 0. The molecule has 0 aliphatic rings. The zero-order valence-corrected chi connectivity index (χ0v) is 4.39. The molecule has 46 valence electrons. The predicted octanol–water partition coefficient (Wildman–Crippen LogP) is 0.852. The molecule has 0 N–H and O–H groups in total. The van der Waals surface area contributed by atoms with Crippen molar-refractivity contribution in [1.29, 1.82) is 0 Å². The third kappa shape index (κ3) is 5.27. The fourth-order valence-corrected chi connectivity index (χ4v) is 0.324. The molecule has 8 heavy (non-hydrogen) atoms. The molecule has 0 atom stereocenters. The van der Waals surface area contributed by atoms with E-state index in [2.05, 4.69) is 0 Å². The van der Waals surface area contributed by atoms with Gasteiger partial charge >= 0.3 is 6.04 Å². The summed E-state index contributed by atoms with van der Waals surface area (Å²) in [6.07, 6.45) is 1.15. The highest BCUT2D eigenvalue weighted by Crippen LogP contribution is 1.93. The van der Waals surface area contributed by atoms with Gasteiger partial charge in [-0.1, -0.05) is 0 Å². The molecule has 0 amide bonds. The molecule has 0 fully saturated rings. The lowest BCUT2D eigenvalue weighted by Gasteiger charge is -1.83. The maximum absolute atomic E-state index is 11.3. The average Bonchev–Trinajstić information content (AvgIpc) is 1.66. The molecule has 0 saturated heterocycles. The van der Waals surface area contributed by atoms with Crippen LogP contribution in [0.4, 0.5) is 4.39 Å². The van der Waals surface area contributed by atoms with Gasteiger partial charge in [0.2, 0.25) is 0 Å². The summed E-state index contributed by atoms with van der Waals surface area (Å²) < 4.78 is 11.3. The first kappa shape index (κ1) is 7.27. The maximum atomic E-state index is 11.3. The van der Waals surface area contributed by atoms with Gasteiger partial charge < -0.3 is 4.79 Å². The number of carbonyl (C=O) groups excluding carboxylic acids is 2. The van der Waals surface area contributed by atoms with Gasteiger partial charge in [-0.25, -0.2) is 0 Å².